The fourth-order valence-electron chi connectivity index (χ4n) is 1.24. The largest absolute Gasteiger partial charge is 0.273 e. The van der Waals surface area contributed by atoms with Crippen LogP contribution < -0.4 is 5.32 Å². The predicted octanol–water partition coefficient (Wildman–Crippen LogP) is 2.06. The van der Waals surface area contributed by atoms with Gasteiger partial charge in [-0.15, -0.1) is 11.6 Å². The molecule has 1 rings (SSSR count). The third-order valence-electron chi connectivity index (χ3n) is 2.42. The van der Waals surface area contributed by atoms with Crippen molar-refractivity contribution >= 4 is 24.2 Å². The molecule has 0 aromatic heterocycles. The number of hydrogen-bond donors (Lipinski definition) is 2. The van der Waals surface area contributed by atoms with Crippen molar-refractivity contribution in [2.45, 2.75) is 30.9 Å². The van der Waals surface area contributed by atoms with Gasteiger partial charge in [0.2, 0.25) is 0 Å². The van der Waals surface area contributed by atoms with E-state index in [1.54, 1.807) is 0 Å². The summed E-state index contributed by atoms with van der Waals surface area (Å²) in [6, 6.07) is 0. The molecule has 0 spiro atoms. The highest BCUT2D eigenvalue weighted by Crippen LogP contribution is 2.39. The molecule has 6 heteroatoms. The van der Waals surface area contributed by atoms with Crippen LogP contribution in [0, 0.1) is 5.41 Å². The highest BCUT2D eigenvalue weighted by Gasteiger charge is 2.52. The van der Waals surface area contributed by atoms with Gasteiger partial charge in [-0.1, -0.05) is 6.92 Å². The van der Waals surface area contributed by atoms with Gasteiger partial charge in [0, 0.05) is 11.3 Å². The summed E-state index contributed by atoms with van der Waals surface area (Å²) >= 11 is 9.45. The quantitative estimate of drug-likeness (QED) is 0.401. The van der Waals surface area contributed by atoms with E-state index in [0.29, 0.717) is 0 Å². The maximum Gasteiger partial charge on any atom is 0.186 e. The summed E-state index contributed by atoms with van der Waals surface area (Å²) in [5.41, 5.74) is -1.17. The molecule has 1 aliphatic heterocycles. The molecule has 0 aromatic rings. The Labute approximate surface area is 85.4 Å². The number of thiol groups is 1. The molecule has 0 bridgehead atoms. The smallest absolute Gasteiger partial charge is 0.186 e. The average Bonchev–Trinajstić information content (AvgIpc) is 2.11. The van der Waals surface area contributed by atoms with Crippen molar-refractivity contribution in [3.05, 3.63) is 0 Å². The van der Waals surface area contributed by atoms with Gasteiger partial charge in [0.25, 0.3) is 0 Å². The van der Waals surface area contributed by atoms with E-state index in [9.17, 15) is 13.2 Å². The molecule has 1 N–H and O–H groups in total. The van der Waals surface area contributed by atoms with Crippen molar-refractivity contribution in [3.8, 4) is 0 Å². The van der Waals surface area contributed by atoms with E-state index >= 15 is 0 Å². The van der Waals surface area contributed by atoms with E-state index in [4.69, 9.17) is 11.6 Å². The molecule has 1 aliphatic rings. The minimum Gasteiger partial charge on any atom is -0.273 e. The molecule has 1 nitrogen and oxygen atoms in total. The highest BCUT2D eigenvalue weighted by atomic mass is 35.5. The predicted molar refractivity (Wildman–Crippen MR) is 49.4 cm³/mol. The van der Waals surface area contributed by atoms with Gasteiger partial charge in [-0.05, 0) is 0 Å². The lowest BCUT2D eigenvalue weighted by molar-refractivity contribution is -0.0442. The summed E-state index contributed by atoms with van der Waals surface area (Å²) in [6.07, 6.45) is -6.11. The number of hydrogen-bond acceptors (Lipinski definition) is 2. The number of halogens is 4. The fraction of sp³-hybridized carbons (Fsp3) is 1.00. The molecule has 0 radical (unpaired) electrons. The second-order valence-electron chi connectivity index (χ2n) is 3.46. The van der Waals surface area contributed by atoms with Crippen LogP contribution in [0.15, 0.2) is 0 Å². The summed E-state index contributed by atoms with van der Waals surface area (Å²) < 4.78 is 39.0. The van der Waals surface area contributed by atoms with E-state index in [-0.39, 0.29) is 5.88 Å². The number of alkyl halides is 4. The van der Waals surface area contributed by atoms with Gasteiger partial charge < -0.3 is 0 Å². The van der Waals surface area contributed by atoms with Gasteiger partial charge in [-0.2, -0.15) is 12.6 Å². The molecule has 0 saturated carbocycles. The average molecular weight is 234 g/mol. The van der Waals surface area contributed by atoms with Crippen LogP contribution in [-0.4, -0.2) is 29.9 Å². The molecule has 1 heterocycles. The Morgan fingerprint density at radius 2 is 2.00 bits per heavy atom. The maximum absolute atomic E-state index is 13.3. The molecule has 78 valence electrons. The zero-order chi connectivity index (χ0) is 10.2. The minimum atomic E-state index is -2.17. The van der Waals surface area contributed by atoms with Crippen LogP contribution in [0.1, 0.15) is 6.92 Å². The number of rotatable bonds is 1. The lowest BCUT2D eigenvalue weighted by Gasteiger charge is -2.43. The van der Waals surface area contributed by atoms with Crippen LogP contribution in [0.25, 0.3) is 0 Å². The molecular weight excluding hydrogens is 223 g/mol. The third kappa shape index (κ3) is 1.78. The first-order chi connectivity index (χ1) is 5.93. The third-order valence-corrected chi connectivity index (χ3v) is 3.73. The van der Waals surface area contributed by atoms with E-state index < -0.39 is 29.4 Å². The lowest BCUT2D eigenvalue weighted by Crippen LogP contribution is -2.62. The van der Waals surface area contributed by atoms with Gasteiger partial charge in [0.1, 0.15) is 6.17 Å². The summed E-state index contributed by atoms with van der Waals surface area (Å²) in [7, 11) is 0. The zero-order valence-electron chi connectivity index (χ0n) is 6.98. The monoisotopic (exact) mass is 233 g/mol. The number of nitrogens with one attached hydrogen (secondary N) is 1. The second-order valence-corrected chi connectivity index (χ2v) is 4.24. The van der Waals surface area contributed by atoms with Gasteiger partial charge in [-0.25, -0.2) is 13.2 Å². The summed E-state index contributed by atoms with van der Waals surface area (Å²) in [5, 5.41) is 1.42. The molecule has 1 fully saturated rings. The van der Waals surface area contributed by atoms with Crippen molar-refractivity contribution in [1.29, 1.82) is 0 Å². The lowest BCUT2D eigenvalue weighted by atomic mass is 9.81. The Bertz CT molecular complexity index is 197. The van der Waals surface area contributed by atoms with Crippen molar-refractivity contribution < 1.29 is 13.2 Å². The Morgan fingerprint density at radius 3 is 2.46 bits per heavy atom. The molecule has 0 aromatic carbocycles. The van der Waals surface area contributed by atoms with Crippen molar-refractivity contribution in [2.75, 3.05) is 5.88 Å². The molecule has 1 saturated heterocycles. The topological polar surface area (TPSA) is 12.0 Å². The van der Waals surface area contributed by atoms with Gasteiger partial charge in [-0.3, -0.25) is 5.32 Å². The second kappa shape index (κ2) is 3.87. The van der Waals surface area contributed by atoms with Crippen LogP contribution in [-0.2, 0) is 0 Å². The van der Waals surface area contributed by atoms with E-state index in [0.717, 1.165) is 0 Å². The summed E-state index contributed by atoms with van der Waals surface area (Å²) in [5.74, 6) is -0.109. The van der Waals surface area contributed by atoms with E-state index in [1.165, 1.54) is 6.92 Å². The standard InChI is InChI=1S/C7H11ClF3NS/c1-7(2-8)4(10)3(9)5(11)12-6(7)13/h3-6,12-13H,2H2,1H3. The molecule has 5 unspecified atom stereocenters. The first-order valence-corrected chi connectivity index (χ1v) is 4.91. The fourth-order valence-corrected chi connectivity index (χ4v) is 2.03. The zero-order valence-corrected chi connectivity index (χ0v) is 8.63. The van der Waals surface area contributed by atoms with Crippen molar-refractivity contribution in [3.63, 3.8) is 0 Å². The van der Waals surface area contributed by atoms with Crippen LogP contribution in [0.2, 0.25) is 0 Å². The van der Waals surface area contributed by atoms with Gasteiger partial charge in [0.15, 0.2) is 12.5 Å². The summed E-state index contributed by atoms with van der Waals surface area (Å²) in [6.45, 7) is 1.44. The Kier molecular flexibility index (Phi) is 3.41. The van der Waals surface area contributed by atoms with Crippen molar-refractivity contribution in [2.24, 2.45) is 5.41 Å². The normalized spacial score (nSPS) is 52.2. The van der Waals surface area contributed by atoms with Gasteiger partial charge in [0.05, 0.1) is 5.37 Å². The molecule has 13 heavy (non-hydrogen) atoms. The Hall–Kier alpha value is 0.390. The summed E-state index contributed by atoms with van der Waals surface area (Å²) in [4.78, 5) is 0. The van der Waals surface area contributed by atoms with Crippen LogP contribution in [0.4, 0.5) is 13.2 Å². The van der Waals surface area contributed by atoms with Crippen LogP contribution in [0.5, 0.6) is 0 Å². The minimum absolute atomic E-state index is 0.109. The van der Waals surface area contributed by atoms with E-state index in [1.807, 2.05) is 0 Å². The maximum atomic E-state index is 13.3. The molecule has 0 amide bonds. The van der Waals surface area contributed by atoms with Crippen LogP contribution >= 0.6 is 24.2 Å². The van der Waals surface area contributed by atoms with E-state index in [2.05, 4.69) is 17.9 Å². The first-order valence-electron chi connectivity index (χ1n) is 3.86. The SMILES string of the molecule is CC1(CCl)C(S)NC(F)C(F)C1F. The molecule has 5 atom stereocenters. The number of piperidine rings is 1. The van der Waals surface area contributed by atoms with Gasteiger partial charge >= 0.3 is 0 Å². The molecular formula is C7H11ClF3NS. The Morgan fingerprint density at radius 1 is 1.46 bits per heavy atom. The van der Waals surface area contributed by atoms with Crippen molar-refractivity contribution in [1.82, 2.24) is 5.32 Å². The van der Waals surface area contributed by atoms with Crippen LogP contribution in [0.3, 0.4) is 0 Å². The highest BCUT2D eigenvalue weighted by molar-refractivity contribution is 7.81. The molecule has 0 aliphatic carbocycles. The Balaban J connectivity index is 2.85. The first kappa shape index (κ1) is 11.5.